The lowest BCUT2D eigenvalue weighted by atomic mass is 9.95. The number of hydrogen-bond donors (Lipinski definition) is 1. The number of anilines is 1. The molecule has 2 aromatic heterocycles. The Balaban J connectivity index is 1.46. The molecule has 8 nitrogen and oxygen atoms in total. The number of amides is 1. The third-order valence-electron chi connectivity index (χ3n) is 6.53. The van der Waals surface area contributed by atoms with Gasteiger partial charge in [0.05, 0.1) is 28.4 Å². The summed E-state index contributed by atoms with van der Waals surface area (Å²) < 4.78 is 17.8. The molecule has 0 fully saturated rings. The number of fused-ring (bicyclic) bond motifs is 2. The zero-order valence-corrected chi connectivity index (χ0v) is 22.3. The predicted octanol–water partition coefficient (Wildman–Crippen LogP) is 6.79. The molecule has 0 bridgehead atoms. The van der Waals surface area contributed by atoms with E-state index >= 15 is 0 Å². The summed E-state index contributed by atoms with van der Waals surface area (Å²) in [4.78, 5) is 33.5. The first-order chi connectivity index (χ1) is 19.5. The van der Waals surface area contributed by atoms with Gasteiger partial charge in [-0.3, -0.25) is 14.5 Å². The summed E-state index contributed by atoms with van der Waals surface area (Å²) in [5, 5.41) is 12.2. The fourth-order valence-electron chi connectivity index (χ4n) is 4.73. The number of Topliss-reactive ketones (excluding diaryl/α,β-unsaturated/α-hetero) is 1. The smallest absolute Gasteiger partial charge is 0.296 e. The molecule has 3 aromatic carbocycles. The average Bonchev–Trinajstić information content (AvgIpc) is 3.66. The molecule has 1 aliphatic heterocycles. The number of nitrogens with zero attached hydrogens (tertiary/aromatic N) is 2. The van der Waals surface area contributed by atoms with E-state index in [-0.39, 0.29) is 11.3 Å². The Kier molecular flexibility index (Phi) is 6.57. The summed E-state index contributed by atoms with van der Waals surface area (Å²) in [7, 11) is 0. The number of carbonyl (C=O) groups excluding carboxylic acids is 2. The molecule has 0 unspecified atom stereocenters. The molecule has 6 rings (SSSR count). The third-order valence-corrected chi connectivity index (χ3v) is 7.55. The lowest BCUT2D eigenvalue weighted by Crippen LogP contribution is -2.30. The number of aromatic nitrogens is 1. The molecule has 0 aliphatic carbocycles. The molecule has 0 radical (unpaired) electrons. The van der Waals surface area contributed by atoms with E-state index < -0.39 is 23.5 Å². The van der Waals surface area contributed by atoms with Crippen LogP contribution in [0.4, 0.5) is 5.13 Å². The maximum absolute atomic E-state index is 13.9. The van der Waals surface area contributed by atoms with Gasteiger partial charge in [0.2, 0.25) is 5.78 Å². The van der Waals surface area contributed by atoms with Crippen molar-refractivity contribution in [3.8, 4) is 11.5 Å². The minimum atomic E-state index is -0.950. The van der Waals surface area contributed by atoms with E-state index in [9.17, 15) is 14.7 Å². The lowest BCUT2D eigenvalue weighted by molar-refractivity contribution is -0.117. The van der Waals surface area contributed by atoms with Crippen LogP contribution in [0, 0.1) is 0 Å². The quantitative estimate of drug-likeness (QED) is 0.159. The van der Waals surface area contributed by atoms with E-state index in [2.05, 4.69) is 11.6 Å². The highest BCUT2D eigenvalue weighted by Crippen LogP contribution is 2.45. The first-order valence-electron chi connectivity index (χ1n) is 12.7. The SMILES string of the molecule is C=CCOc1ccc([C@@H]2C(C(=O)c3cc4ccccc4o3)=C(O)C(=O)N2c2nc3ccc(OCC)cc3s2)cc1. The number of rotatable bonds is 9. The average molecular weight is 553 g/mol. The van der Waals surface area contributed by atoms with Gasteiger partial charge in [0.15, 0.2) is 16.7 Å². The molecule has 5 aromatic rings. The Hall–Kier alpha value is -4.89. The maximum atomic E-state index is 13.9. The van der Waals surface area contributed by atoms with Crippen LogP contribution in [0.2, 0.25) is 0 Å². The van der Waals surface area contributed by atoms with E-state index in [4.69, 9.17) is 13.9 Å². The van der Waals surface area contributed by atoms with Crippen LogP contribution >= 0.6 is 11.3 Å². The summed E-state index contributed by atoms with van der Waals surface area (Å²) in [6.07, 6.45) is 1.64. The standard InChI is InChI=1S/C31H24N2O6S/c1-3-15-38-20-11-9-18(10-12-20)27-26(28(34)24-16-19-7-5-6-8-23(19)39-24)29(35)30(36)33(27)31-32-22-14-13-21(37-4-2)17-25(22)40-31/h3,5-14,16-17,27,35H,1,4,15H2,2H3/t27-/m1/s1. The molecule has 1 amide bonds. The minimum absolute atomic E-state index is 0.0268. The van der Waals surface area contributed by atoms with Crippen molar-refractivity contribution in [3.63, 3.8) is 0 Å². The van der Waals surface area contributed by atoms with Gasteiger partial charge in [-0.2, -0.15) is 0 Å². The molecule has 40 heavy (non-hydrogen) atoms. The van der Waals surface area contributed by atoms with Crippen molar-refractivity contribution in [1.82, 2.24) is 4.98 Å². The monoisotopic (exact) mass is 552 g/mol. The first kappa shape index (κ1) is 25.4. The van der Waals surface area contributed by atoms with Crippen molar-refractivity contribution < 1.29 is 28.6 Å². The highest BCUT2D eigenvalue weighted by atomic mass is 32.1. The molecule has 0 spiro atoms. The number of carbonyl (C=O) groups is 2. The molecular weight excluding hydrogens is 528 g/mol. The number of aliphatic hydroxyl groups is 1. The maximum Gasteiger partial charge on any atom is 0.296 e. The van der Waals surface area contributed by atoms with Gasteiger partial charge in [-0.1, -0.05) is 54.3 Å². The minimum Gasteiger partial charge on any atom is -0.503 e. The van der Waals surface area contributed by atoms with Crippen molar-refractivity contribution in [1.29, 1.82) is 0 Å². The van der Waals surface area contributed by atoms with Crippen LogP contribution in [0.3, 0.4) is 0 Å². The van der Waals surface area contributed by atoms with Gasteiger partial charge in [0, 0.05) is 5.39 Å². The molecule has 3 heterocycles. The van der Waals surface area contributed by atoms with Crippen molar-refractivity contribution in [2.24, 2.45) is 0 Å². The van der Waals surface area contributed by atoms with Gasteiger partial charge in [-0.15, -0.1) is 0 Å². The second-order valence-electron chi connectivity index (χ2n) is 9.05. The molecule has 200 valence electrons. The molecule has 1 aliphatic rings. The van der Waals surface area contributed by atoms with E-state index in [1.807, 2.05) is 37.3 Å². The molecule has 0 saturated carbocycles. The second-order valence-corrected chi connectivity index (χ2v) is 10.1. The highest BCUT2D eigenvalue weighted by Gasteiger charge is 2.46. The molecule has 1 N–H and O–H groups in total. The summed E-state index contributed by atoms with van der Waals surface area (Å²) in [5.74, 6) is -0.634. The number of hydrogen-bond acceptors (Lipinski definition) is 8. The number of thiazole rings is 1. The van der Waals surface area contributed by atoms with E-state index in [1.54, 1.807) is 48.5 Å². The summed E-state index contributed by atoms with van der Waals surface area (Å²) >= 11 is 1.27. The van der Waals surface area contributed by atoms with E-state index in [0.29, 0.717) is 46.5 Å². The zero-order valence-electron chi connectivity index (χ0n) is 21.5. The predicted molar refractivity (Wildman–Crippen MR) is 153 cm³/mol. The third kappa shape index (κ3) is 4.40. The van der Waals surface area contributed by atoms with E-state index in [0.717, 1.165) is 10.1 Å². The highest BCUT2D eigenvalue weighted by molar-refractivity contribution is 7.22. The molecule has 0 saturated heterocycles. The molecule has 1 atom stereocenters. The number of ether oxygens (including phenoxy) is 2. The van der Waals surface area contributed by atoms with Crippen LogP contribution in [-0.2, 0) is 4.79 Å². The van der Waals surface area contributed by atoms with E-state index in [1.165, 1.54) is 16.2 Å². The summed E-state index contributed by atoms with van der Waals surface area (Å²) in [5.41, 5.74) is 1.71. The summed E-state index contributed by atoms with van der Waals surface area (Å²) in [6, 6.07) is 20.4. The van der Waals surface area contributed by atoms with Gasteiger partial charge in [-0.25, -0.2) is 4.98 Å². The lowest BCUT2D eigenvalue weighted by Gasteiger charge is -2.24. The Morgan fingerprint density at radius 2 is 1.88 bits per heavy atom. The van der Waals surface area contributed by atoms with Crippen molar-refractivity contribution >= 4 is 49.3 Å². The van der Waals surface area contributed by atoms with Crippen LogP contribution in [0.1, 0.15) is 29.1 Å². The molecular formula is C31H24N2O6S. The van der Waals surface area contributed by atoms with Crippen LogP contribution in [0.5, 0.6) is 11.5 Å². The Bertz CT molecular complexity index is 1770. The fourth-order valence-corrected chi connectivity index (χ4v) is 5.75. The number of aliphatic hydroxyl groups excluding tert-OH is 1. The normalized spacial score (nSPS) is 15.3. The Morgan fingerprint density at radius 1 is 1.10 bits per heavy atom. The Morgan fingerprint density at radius 3 is 2.62 bits per heavy atom. The van der Waals surface area contributed by atoms with Gasteiger partial charge in [0.1, 0.15) is 23.7 Å². The second kappa shape index (κ2) is 10.3. The zero-order chi connectivity index (χ0) is 27.8. The Labute approximate surface area is 233 Å². The topological polar surface area (TPSA) is 102 Å². The van der Waals surface area contributed by atoms with Gasteiger partial charge >= 0.3 is 0 Å². The van der Waals surface area contributed by atoms with Crippen LogP contribution in [0.25, 0.3) is 21.2 Å². The largest absolute Gasteiger partial charge is 0.503 e. The van der Waals surface area contributed by atoms with Gasteiger partial charge < -0.3 is 19.0 Å². The summed E-state index contributed by atoms with van der Waals surface area (Å²) in [6.45, 7) is 6.41. The van der Waals surface area contributed by atoms with Crippen molar-refractivity contribution in [2.45, 2.75) is 13.0 Å². The van der Waals surface area contributed by atoms with Crippen molar-refractivity contribution in [2.75, 3.05) is 18.1 Å². The van der Waals surface area contributed by atoms with Crippen LogP contribution in [-0.4, -0.2) is 35.0 Å². The van der Waals surface area contributed by atoms with Crippen LogP contribution < -0.4 is 14.4 Å². The number of benzene rings is 3. The molecule has 9 heteroatoms. The van der Waals surface area contributed by atoms with Crippen molar-refractivity contribution in [3.05, 3.63) is 108 Å². The number of para-hydroxylation sites is 1. The number of furan rings is 1. The fraction of sp³-hybridized carbons (Fsp3) is 0.129. The van der Waals surface area contributed by atoms with Gasteiger partial charge in [0.25, 0.3) is 5.91 Å². The first-order valence-corrected chi connectivity index (χ1v) is 13.5. The van der Waals surface area contributed by atoms with Gasteiger partial charge in [-0.05, 0) is 55.0 Å². The van der Waals surface area contributed by atoms with Crippen LogP contribution in [0.15, 0.2) is 101 Å². The number of ketones is 1.